The van der Waals surface area contributed by atoms with E-state index in [9.17, 15) is 14.0 Å². The number of hydrogen-bond acceptors (Lipinski definition) is 3. The zero-order chi connectivity index (χ0) is 17.5. The van der Waals surface area contributed by atoms with Gasteiger partial charge in [-0.15, -0.1) is 0 Å². The first-order valence-corrected chi connectivity index (χ1v) is 8.39. The Morgan fingerprint density at radius 1 is 1.33 bits per heavy atom. The van der Waals surface area contributed by atoms with E-state index < -0.39 is 11.7 Å². The first kappa shape index (κ1) is 16.9. The first-order chi connectivity index (χ1) is 11.3. The van der Waals surface area contributed by atoms with Crippen molar-refractivity contribution in [2.24, 2.45) is 17.1 Å². The van der Waals surface area contributed by atoms with E-state index in [0.717, 1.165) is 6.42 Å². The van der Waals surface area contributed by atoms with Crippen LogP contribution in [0.15, 0.2) is 24.3 Å². The Morgan fingerprint density at radius 3 is 2.71 bits per heavy atom. The SMILES string of the molecule is CC1(C)CN(C(=O)C2CC(=O)N(c3ccccc3F)C2)CCC1N. The highest BCUT2D eigenvalue weighted by Crippen LogP contribution is 2.32. The number of nitrogens with zero attached hydrogens (tertiary/aromatic N) is 2. The number of piperidine rings is 1. The van der Waals surface area contributed by atoms with Gasteiger partial charge in [0.1, 0.15) is 5.82 Å². The molecule has 0 aromatic heterocycles. The van der Waals surface area contributed by atoms with Crippen LogP contribution in [-0.2, 0) is 9.59 Å². The first-order valence-electron chi connectivity index (χ1n) is 8.39. The Kier molecular flexibility index (Phi) is 4.34. The van der Waals surface area contributed by atoms with Crippen molar-refractivity contribution in [1.82, 2.24) is 4.90 Å². The van der Waals surface area contributed by atoms with Gasteiger partial charge in [-0.1, -0.05) is 26.0 Å². The van der Waals surface area contributed by atoms with Gasteiger partial charge in [0.05, 0.1) is 11.6 Å². The zero-order valence-electron chi connectivity index (χ0n) is 14.2. The molecule has 0 saturated carbocycles. The van der Waals surface area contributed by atoms with Crippen LogP contribution in [-0.4, -0.2) is 42.4 Å². The number of benzene rings is 1. The molecule has 0 radical (unpaired) electrons. The summed E-state index contributed by atoms with van der Waals surface area (Å²) < 4.78 is 13.9. The van der Waals surface area contributed by atoms with Crippen molar-refractivity contribution in [3.05, 3.63) is 30.1 Å². The summed E-state index contributed by atoms with van der Waals surface area (Å²) in [4.78, 5) is 28.3. The van der Waals surface area contributed by atoms with E-state index in [1.54, 1.807) is 18.2 Å². The lowest BCUT2D eigenvalue weighted by atomic mass is 9.79. The van der Waals surface area contributed by atoms with Crippen LogP contribution in [0, 0.1) is 17.2 Å². The van der Waals surface area contributed by atoms with Crippen LogP contribution >= 0.6 is 0 Å². The molecule has 0 bridgehead atoms. The van der Waals surface area contributed by atoms with Crippen molar-refractivity contribution in [2.75, 3.05) is 24.5 Å². The number of anilines is 1. The molecule has 2 heterocycles. The van der Waals surface area contributed by atoms with Gasteiger partial charge in [-0.3, -0.25) is 9.59 Å². The lowest BCUT2D eigenvalue weighted by molar-refractivity contribution is -0.139. The molecule has 2 aliphatic heterocycles. The summed E-state index contributed by atoms with van der Waals surface area (Å²) >= 11 is 0. The summed E-state index contributed by atoms with van der Waals surface area (Å²) in [7, 11) is 0. The van der Waals surface area contributed by atoms with E-state index in [-0.39, 0.29) is 41.9 Å². The van der Waals surface area contributed by atoms with Gasteiger partial charge in [0.25, 0.3) is 0 Å². The third-order valence-electron chi connectivity index (χ3n) is 5.24. The van der Waals surface area contributed by atoms with Crippen LogP contribution in [0.3, 0.4) is 0 Å². The number of rotatable bonds is 2. The Balaban J connectivity index is 1.72. The Hall–Kier alpha value is -1.95. The molecule has 2 N–H and O–H groups in total. The summed E-state index contributed by atoms with van der Waals surface area (Å²) in [6, 6.07) is 6.24. The second-order valence-electron chi connectivity index (χ2n) is 7.50. The average molecular weight is 333 g/mol. The minimum Gasteiger partial charge on any atom is -0.342 e. The van der Waals surface area contributed by atoms with Gasteiger partial charge in [0.2, 0.25) is 11.8 Å². The Labute approximate surface area is 141 Å². The van der Waals surface area contributed by atoms with Gasteiger partial charge >= 0.3 is 0 Å². The molecule has 2 saturated heterocycles. The molecule has 6 heteroatoms. The van der Waals surface area contributed by atoms with E-state index in [2.05, 4.69) is 13.8 Å². The summed E-state index contributed by atoms with van der Waals surface area (Å²) in [5, 5.41) is 0. The van der Waals surface area contributed by atoms with Crippen molar-refractivity contribution in [3.8, 4) is 0 Å². The largest absolute Gasteiger partial charge is 0.342 e. The van der Waals surface area contributed by atoms with E-state index >= 15 is 0 Å². The molecule has 3 rings (SSSR count). The lowest BCUT2D eigenvalue weighted by Crippen LogP contribution is -2.55. The van der Waals surface area contributed by atoms with Crippen LogP contribution in [0.5, 0.6) is 0 Å². The van der Waals surface area contributed by atoms with Gasteiger partial charge in [-0.25, -0.2) is 4.39 Å². The van der Waals surface area contributed by atoms with Crippen molar-refractivity contribution in [1.29, 1.82) is 0 Å². The molecule has 2 atom stereocenters. The summed E-state index contributed by atoms with van der Waals surface area (Å²) in [5.74, 6) is -1.08. The molecule has 0 aliphatic carbocycles. The molecule has 24 heavy (non-hydrogen) atoms. The summed E-state index contributed by atoms with van der Waals surface area (Å²) in [6.07, 6.45) is 0.895. The molecule has 2 amide bonds. The second-order valence-corrected chi connectivity index (χ2v) is 7.50. The maximum absolute atomic E-state index is 13.9. The third kappa shape index (κ3) is 3.02. The highest BCUT2D eigenvalue weighted by molar-refractivity contribution is 6.00. The standard InChI is InChI=1S/C18H24FN3O2/c1-18(2)11-21(8-7-15(18)20)17(24)12-9-16(23)22(10-12)14-6-4-3-5-13(14)19/h3-6,12,15H,7-11,20H2,1-2H3. The second kappa shape index (κ2) is 6.16. The van der Waals surface area contributed by atoms with Gasteiger partial charge < -0.3 is 15.5 Å². The van der Waals surface area contributed by atoms with Gasteiger partial charge in [0.15, 0.2) is 0 Å². The smallest absolute Gasteiger partial charge is 0.228 e. The minimum atomic E-state index is -0.441. The van der Waals surface area contributed by atoms with Gasteiger partial charge in [-0.2, -0.15) is 0 Å². The molecule has 130 valence electrons. The van der Waals surface area contributed by atoms with Crippen molar-refractivity contribution < 1.29 is 14.0 Å². The fraction of sp³-hybridized carbons (Fsp3) is 0.556. The molecule has 2 fully saturated rings. The number of para-hydroxylation sites is 1. The molecule has 2 unspecified atom stereocenters. The van der Waals surface area contributed by atoms with Crippen LogP contribution < -0.4 is 10.6 Å². The fourth-order valence-corrected chi connectivity index (χ4v) is 3.60. The number of hydrogen-bond donors (Lipinski definition) is 1. The monoisotopic (exact) mass is 333 g/mol. The van der Waals surface area contributed by atoms with Gasteiger partial charge in [0, 0.05) is 32.1 Å². The van der Waals surface area contributed by atoms with Crippen molar-refractivity contribution in [3.63, 3.8) is 0 Å². The fourth-order valence-electron chi connectivity index (χ4n) is 3.60. The predicted octanol–water partition coefficient (Wildman–Crippen LogP) is 1.76. The van der Waals surface area contributed by atoms with Crippen molar-refractivity contribution in [2.45, 2.75) is 32.7 Å². The van der Waals surface area contributed by atoms with Gasteiger partial charge in [-0.05, 0) is 24.0 Å². The lowest BCUT2D eigenvalue weighted by Gasteiger charge is -2.43. The van der Waals surface area contributed by atoms with Crippen LogP contribution in [0.1, 0.15) is 26.7 Å². The number of halogens is 1. The average Bonchev–Trinajstić information content (AvgIpc) is 2.91. The molecular formula is C18H24FN3O2. The van der Waals surface area contributed by atoms with E-state index in [1.807, 2.05) is 4.90 Å². The maximum atomic E-state index is 13.9. The number of likely N-dealkylation sites (tertiary alicyclic amines) is 1. The quantitative estimate of drug-likeness (QED) is 0.897. The molecule has 5 nitrogen and oxygen atoms in total. The van der Waals surface area contributed by atoms with E-state index in [1.165, 1.54) is 11.0 Å². The number of carbonyl (C=O) groups is 2. The molecule has 1 aromatic carbocycles. The highest BCUT2D eigenvalue weighted by Gasteiger charge is 2.41. The zero-order valence-corrected chi connectivity index (χ0v) is 14.2. The Bertz CT molecular complexity index is 661. The van der Waals surface area contributed by atoms with E-state index in [0.29, 0.717) is 13.1 Å². The highest BCUT2D eigenvalue weighted by atomic mass is 19.1. The predicted molar refractivity (Wildman–Crippen MR) is 89.8 cm³/mol. The molecule has 0 spiro atoms. The minimum absolute atomic E-state index is 0.0258. The number of amides is 2. The molecular weight excluding hydrogens is 309 g/mol. The third-order valence-corrected chi connectivity index (χ3v) is 5.24. The Morgan fingerprint density at radius 2 is 2.04 bits per heavy atom. The van der Waals surface area contributed by atoms with Crippen molar-refractivity contribution >= 4 is 17.5 Å². The molecule has 2 aliphatic rings. The van der Waals surface area contributed by atoms with E-state index in [4.69, 9.17) is 5.73 Å². The van der Waals surface area contributed by atoms with Crippen LogP contribution in [0.4, 0.5) is 10.1 Å². The number of carbonyl (C=O) groups excluding carboxylic acids is 2. The topological polar surface area (TPSA) is 66.6 Å². The maximum Gasteiger partial charge on any atom is 0.228 e. The van der Waals surface area contributed by atoms with Crippen LogP contribution in [0.25, 0.3) is 0 Å². The van der Waals surface area contributed by atoms with Crippen LogP contribution in [0.2, 0.25) is 0 Å². The summed E-state index contributed by atoms with van der Waals surface area (Å²) in [5.41, 5.74) is 6.23. The normalized spacial score (nSPS) is 26.8. The number of nitrogens with two attached hydrogens (primary N) is 1. The molecule has 1 aromatic rings. The summed E-state index contributed by atoms with van der Waals surface area (Å²) in [6.45, 7) is 5.57.